The molecule has 3 N–H and O–H groups in total. The Morgan fingerprint density at radius 2 is 2.06 bits per heavy atom. The van der Waals surface area contributed by atoms with Crippen LogP contribution in [0.2, 0.25) is 0 Å². The van der Waals surface area contributed by atoms with E-state index in [-0.39, 0.29) is 19.0 Å². The van der Waals surface area contributed by atoms with Gasteiger partial charge in [-0.15, -0.1) is 0 Å². The third-order valence-corrected chi connectivity index (χ3v) is 6.54. The highest BCUT2D eigenvalue weighted by Crippen LogP contribution is 2.49. The fourth-order valence-electron chi connectivity index (χ4n) is 4.73. The molecule has 2 aromatic carbocycles. The molecular formula is C25H24N2O4. The van der Waals surface area contributed by atoms with Crippen molar-refractivity contribution in [2.45, 2.75) is 44.1 Å². The number of hydrogen-bond acceptors (Lipinski definition) is 5. The van der Waals surface area contributed by atoms with Crippen molar-refractivity contribution in [1.29, 1.82) is 5.26 Å². The molecule has 1 fully saturated rings. The van der Waals surface area contributed by atoms with Gasteiger partial charge in [-0.25, -0.2) is 0 Å². The summed E-state index contributed by atoms with van der Waals surface area (Å²) >= 11 is 0. The van der Waals surface area contributed by atoms with Crippen LogP contribution in [-0.2, 0) is 5.41 Å². The molecule has 5 rings (SSSR count). The summed E-state index contributed by atoms with van der Waals surface area (Å²) in [5.74, 6) is 0.873. The standard InChI is InChI=1S/C25H24N2O4/c1-25(2)19-9-16(31-12-15(29)11-28)6-8-17(19)23(30)21-18-7-5-14(10-26)20(13-3-4-13)22(18)27-24(21)25/h5-9,13,15,27-29H,3-4,11-12H2,1-2H3/t15-/m1/s1. The number of fused-ring (bicyclic) bond motifs is 4. The van der Waals surface area contributed by atoms with Gasteiger partial charge in [0.15, 0.2) is 5.78 Å². The van der Waals surface area contributed by atoms with Crippen LogP contribution in [0.25, 0.3) is 10.9 Å². The monoisotopic (exact) mass is 416 g/mol. The molecule has 1 atom stereocenters. The van der Waals surface area contributed by atoms with Crippen LogP contribution in [0.4, 0.5) is 0 Å². The van der Waals surface area contributed by atoms with Gasteiger partial charge in [0.05, 0.1) is 29.3 Å². The first kappa shape index (κ1) is 19.8. The largest absolute Gasteiger partial charge is 0.491 e. The van der Waals surface area contributed by atoms with Crippen molar-refractivity contribution in [3.8, 4) is 11.8 Å². The average molecular weight is 416 g/mol. The molecule has 2 aliphatic carbocycles. The molecule has 0 bridgehead atoms. The van der Waals surface area contributed by atoms with E-state index in [9.17, 15) is 15.2 Å². The molecular weight excluding hydrogens is 392 g/mol. The highest BCUT2D eigenvalue weighted by atomic mass is 16.5. The first-order valence-electron chi connectivity index (χ1n) is 10.6. The number of aromatic amines is 1. The molecule has 0 unspecified atom stereocenters. The summed E-state index contributed by atoms with van der Waals surface area (Å²) in [6.07, 6.45) is 1.17. The Kier molecular flexibility index (Phi) is 4.44. The van der Waals surface area contributed by atoms with E-state index < -0.39 is 11.5 Å². The number of rotatable bonds is 5. The lowest BCUT2D eigenvalue weighted by molar-refractivity contribution is 0.0535. The number of nitriles is 1. The van der Waals surface area contributed by atoms with Gasteiger partial charge in [0.2, 0.25) is 0 Å². The lowest BCUT2D eigenvalue weighted by atomic mass is 9.71. The van der Waals surface area contributed by atoms with Crippen LogP contribution in [0, 0.1) is 11.3 Å². The molecule has 1 heterocycles. The quantitative estimate of drug-likeness (QED) is 0.590. The maximum absolute atomic E-state index is 13.5. The van der Waals surface area contributed by atoms with E-state index in [1.54, 1.807) is 12.1 Å². The Bertz CT molecular complexity index is 1260. The third kappa shape index (κ3) is 2.96. The number of aliphatic hydroxyl groups excluding tert-OH is 2. The highest BCUT2D eigenvalue weighted by molar-refractivity contribution is 6.20. The van der Waals surface area contributed by atoms with Gasteiger partial charge in [0.25, 0.3) is 0 Å². The van der Waals surface area contributed by atoms with Crippen LogP contribution < -0.4 is 4.74 Å². The van der Waals surface area contributed by atoms with Crippen LogP contribution >= 0.6 is 0 Å². The van der Waals surface area contributed by atoms with Crippen molar-refractivity contribution >= 4 is 16.7 Å². The van der Waals surface area contributed by atoms with E-state index in [1.165, 1.54) is 0 Å². The van der Waals surface area contributed by atoms with Crippen LogP contribution in [0.15, 0.2) is 30.3 Å². The molecule has 0 radical (unpaired) electrons. The number of ether oxygens (including phenoxy) is 1. The number of H-pyrrole nitrogens is 1. The van der Waals surface area contributed by atoms with Crippen LogP contribution in [0.3, 0.4) is 0 Å². The zero-order valence-electron chi connectivity index (χ0n) is 17.5. The average Bonchev–Trinajstić information content (AvgIpc) is 3.53. The molecule has 0 amide bonds. The SMILES string of the molecule is CC1(C)c2cc(OC[C@H](O)CO)ccc2C(=O)c2c1[nH]c1c(C3CC3)c(C#N)ccc21. The van der Waals surface area contributed by atoms with Crippen LogP contribution in [0.5, 0.6) is 5.75 Å². The predicted octanol–water partition coefficient (Wildman–Crippen LogP) is 3.52. The smallest absolute Gasteiger partial charge is 0.195 e. The molecule has 31 heavy (non-hydrogen) atoms. The van der Waals surface area contributed by atoms with Gasteiger partial charge in [-0.1, -0.05) is 19.9 Å². The highest BCUT2D eigenvalue weighted by Gasteiger charge is 2.41. The minimum atomic E-state index is -0.957. The summed E-state index contributed by atoms with van der Waals surface area (Å²) in [5, 5.41) is 29.1. The molecule has 1 saturated carbocycles. The molecule has 0 saturated heterocycles. The van der Waals surface area contributed by atoms with Crippen molar-refractivity contribution in [3.05, 3.63) is 63.8 Å². The number of aliphatic hydroxyl groups is 2. The lowest BCUT2D eigenvalue weighted by Gasteiger charge is -2.32. The summed E-state index contributed by atoms with van der Waals surface area (Å²) in [6.45, 7) is 3.74. The van der Waals surface area contributed by atoms with E-state index >= 15 is 0 Å². The molecule has 158 valence electrons. The minimum absolute atomic E-state index is 0.0248. The Morgan fingerprint density at radius 1 is 1.29 bits per heavy atom. The van der Waals surface area contributed by atoms with Gasteiger partial charge in [-0.2, -0.15) is 5.26 Å². The molecule has 0 aliphatic heterocycles. The summed E-state index contributed by atoms with van der Waals surface area (Å²) in [4.78, 5) is 17.1. The van der Waals surface area contributed by atoms with Gasteiger partial charge in [-0.05, 0) is 54.2 Å². The van der Waals surface area contributed by atoms with Gasteiger partial charge >= 0.3 is 0 Å². The number of hydrogen-bond donors (Lipinski definition) is 3. The Balaban J connectivity index is 1.66. The second kappa shape index (κ2) is 6.94. The second-order valence-electron chi connectivity index (χ2n) is 9.02. The van der Waals surface area contributed by atoms with Gasteiger partial charge in [-0.3, -0.25) is 4.79 Å². The van der Waals surface area contributed by atoms with Crippen molar-refractivity contribution in [1.82, 2.24) is 4.98 Å². The third-order valence-electron chi connectivity index (χ3n) is 6.54. The van der Waals surface area contributed by atoms with Gasteiger partial charge < -0.3 is 19.9 Å². The van der Waals surface area contributed by atoms with Crippen LogP contribution in [-0.4, -0.2) is 40.3 Å². The van der Waals surface area contributed by atoms with Crippen molar-refractivity contribution in [2.75, 3.05) is 13.2 Å². The Hall–Kier alpha value is -3.14. The van der Waals surface area contributed by atoms with E-state index in [2.05, 4.69) is 24.9 Å². The first-order valence-corrected chi connectivity index (χ1v) is 10.6. The molecule has 2 aliphatic rings. The number of carbonyl (C=O) groups excluding carboxylic acids is 1. The van der Waals surface area contributed by atoms with Crippen molar-refractivity contribution < 1.29 is 19.7 Å². The topological polar surface area (TPSA) is 106 Å². The van der Waals surface area contributed by atoms with E-state index in [1.807, 2.05) is 18.2 Å². The van der Waals surface area contributed by atoms with Gasteiger partial charge in [0, 0.05) is 22.1 Å². The normalized spacial score (nSPS) is 17.7. The van der Waals surface area contributed by atoms with Gasteiger partial charge in [0.1, 0.15) is 18.5 Å². The van der Waals surface area contributed by atoms with E-state index in [0.717, 1.165) is 40.6 Å². The Labute approximate surface area is 180 Å². The summed E-state index contributed by atoms with van der Waals surface area (Å²) in [7, 11) is 0. The summed E-state index contributed by atoms with van der Waals surface area (Å²) in [6, 6.07) is 11.4. The zero-order chi connectivity index (χ0) is 21.9. The molecule has 6 nitrogen and oxygen atoms in total. The second-order valence-corrected chi connectivity index (χ2v) is 9.02. The first-order chi connectivity index (χ1) is 14.9. The fraction of sp³-hybridized carbons (Fsp3) is 0.360. The number of aromatic nitrogens is 1. The maximum Gasteiger partial charge on any atom is 0.195 e. The number of carbonyl (C=O) groups is 1. The fourth-order valence-corrected chi connectivity index (χ4v) is 4.73. The molecule has 1 aromatic heterocycles. The predicted molar refractivity (Wildman–Crippen MR) is 116 cm³/mol. The number of ketones is 1. The van der Waals surface area contributed by atoms with Crippen molar-refractivity contribution in [3.63, 3.8) is 0 Å². The number of nitrogens with one attached hydrogen (secondary N) is 1. The minimum Gasteiger partial charge on any atom is -0.491 e. The van der Waals surface area contributed by atoms with Crippen LogP contribution in [0.1, 0.15) is 70.9 Å². The lowest BCUT2D eigenvalue weighted by Crippen LogP contribution is -2.30. The number of benzene rings is 2. The summed E-state index contributed by atoms with van der Waals surface area (Å²) in [5.41, 5.74) is 5.14. The zero-order valence-corrected chi connectivity index (χ0v) is 17.5. The maximum atomic E-state index is 13.5. The molecule has 6 heteroatoms. The van der Waals surface area contributed by atoms with E-state index in [0.29, 0.717) is 28.4 Å². The molecule has 0 spiro atoms. The summed E-state index contributed by atoms with van der Waals surface area (Å²) < 4.78 is 5.62. The molecule has 3 aromatic rings. The van der Waals surface area contributed by atoms with Crippen molar-refractivity contribution in [2.24, 2.45) is 0 Å². The Morgan fingerprint density at radius 3 is 2.74 bits per heavy atom. The number of nitrogens with zero attached hydrogens (tertiary/aromatic N) is 1. The van der Waals surface area contributed by atoms with E-state index in [4.69, 9.17) is 9.84 Å².